The Balaban J connectivity index is 1.89. The number of carbonyl (C=O) groups excluding carboxylic acids is 1. The van der Waals surface area contributed by atoms with Gasteiger partial charge in [-0.25, -0.2) is 4.79 Å². The predicted octanol–water partition coefficient (Wildman–Crippen LogP) is 3.54. The zero-order chi connectivity index (χ0) is 16.7. The van der Waals surface area contributed by atoms with Crippen LogP contribution in [0.5, 0.6) is 0 Å². The molecule has 1 saturated heterocycles. The molecule has 0 radical (unpaired) electrons. The first-order valence-corrected chi connectivity index (χ1v) is 8.30. The van der Waals surface area contributed by atoms with Crippen molar-refractivity contribution in [2.75, 3.05) is 25.5 Å². The number of anilines is 1. The maximum Gasteiger partial charge on any atom is 0.321 e. The van der Waals surface area contributed by atoms with Crippen LogP contribution in [0.1, 0.15) is 43.7 Å². The van der Waals surface area contributed by atoms with E-state index in [4.69, 9.17) is 10.00 Å². The molecule has 1 fully saturated rings. The van der Waals surface area contributed by atoms with E-state index >= 15 is 0 Å². The van der Waals surface area contributed by atoms with E-state index in [0.29, 0.717) is 12.1 Å². The molecule has 1 aliphatic heterocycles. The van der Waals surface area contributed by atoms with Crippen molar-refractivity contribution >= 4 is 11.7 Å². The number of amides is 2. The van der Waals surface area contributed by atoms with E-state index in [2.05, 4.69) is 11.4 Å². The Morgan fingerprint density at radius 3 is 2.96 bits per heavy atom. The van der Waals surface area contributed by atoms with Crippen LogP contribution in [0.3, 0.4) is 0 Å². The highest BCUT2D eigenvalue weighted by molar-refractivity contribution is 5.90. The number of hydrogen-bond donors (Lipinski definition) is 1. The molecule has 124 valence electrons. The fourth-order valence-corrected chi connectivity index (χ4v) is 2.76. The van der Waals surface area contributed by atoms with E-state index in [1.54, 1.807) is 24.1 Å². The zero-order valence-corrected chi connectivity index (χ0v) is 14.0. The van der Waals surface area contributed by atoms with Crippen LogP contribution in [-0.2, 0) is 11.2 Å². The molecule has 0 spiro atoms. The van der Waals surface area contributed by atoms with Gasteiger partial charge in [0.25, 0.3) is 0 Å². The van der Waals surface area contributed by atoms with E-state index < -0.39 is 0 Å². The van der Waals surface area contributed by atoms with Crippen molar-refractivity contribution in [2.24, 2.45) is 0 Å². The highest BCUT2D eigenvalue weighted by Crippen LogP contribution is 2.19. The smallest absolute Gasteiger partial charge is 0.321 e. The van der Waals surface area contributed by atoms with Crippen molar-refractivity contribution in [2.45, 2.75) is 45.1 Å². The summed E-state index contributed by atoms with van der Waals surface area (Å²) in [6.07, 6.45) is 5.37. The highest BCUT2D eigenvalue weighted by atomic mass is 16.5. The van der Waals surface area contributed by atoms with Crippen molar-refractivity contribution in [3.05, 3.63) is 29.3 Å². The third-order valence-electron chi connectivity index (χ3n) is 4.26. The monoisotopic (exact) mass is 315 g/mol. The van der Waals surface area contributed by atoms with Crippen molar-refractivity contribution in [3.8, 4) is 6.07 Å². The second-order valence-corrected chi connectivity index (χ2v) is 5.97. The third kappa shape index (κ3) is 4.97. The highest BCUT2D eigenvalue weighted by Gasteiger charge is 2.17. The lowest BCUT2D eigenvalue weighted by Crippen LogP contribution is -2.34. The summed E-state index contributed by atoms with van der Waals surface area (Å²) in [4.78, 5) is 14.0. The second kappa shape index (κ2) is 8.54. The van der Waals surface area contributed by atoms with Gasteiger partial charge in [0.2, 0.25) is 0 Å². The van der Waals surface area contributed by atoms with Crippen LogP contribution in [0.15, 0.2) is 18.2 Å². The van der Waals surface area contributed by atoms with E-state index in [1.165, 1.54) is 6.42 Å². The summed E-state index contributed by atoms with van der Waals surface area (Å²) in [5.41, 5.74) is 2.36. The van der Waals surface area contributed by atoms with Gasteiger partial charge in [-0.2, -0.15) is 5.26 Å². The minimum Gasteiger partial charge on any atom is -0.378 e. The summed E-state index contributed by atoms with van der Waals surface area (Å²) in [5, 5.41) is 11.9. The Labute approximate surface area is 138 Å². The number of carbonyl (C=O) groups is 1. The average molecular weight is 315 g/mol. The number of hydrogen-bond acceptors (Lipinski definition) is 3. The molecule has 23 heavy (non-hydrogen) atoms. The second-order valence-electron chi connectivity index (χ2n) is 5.97. The SMILES string of the molecule is CCc1cc(C#N)ccc1NC(=O)N(C)CC[C@H]1CCCCO1. The Kier molecular flexibility index (Phi) is 6.42. The fourth-order valence-electron chi connectivity index (χ4n) is 2.76. The standard InChI is InChI=1S/C18H25N3O2/c1-3-15-12-14(13-19)7-8-17(15)20-18(22)21(2)10-9-16-6-4-5-11-23-16/h7-8,12,16H,3-6,9-11H2,1-2H3,(H,20,22)/t16-/m1/s1. The van der Waals surface area contributed by atoms with Crippen LogP contribution in [0, 0.1) is 11.3 Å². The molecule has 1 N–H and O–H groups in total. The number of urea groups is 1. The molecule has 1 aromatic rings. The number of aryl methyl sites for hydroxylation is 1. The van der Waals surface area contributed by atoms with E-state index in [0.717, 1.165) is 43.5 Å². The van der Waals surface area contributed by atoms with Crippen LogP contribution in [0.25, 0.3) is 0 Å². The number of nitrogens with zero attached hydrogens (tertiary/aromatic N) is 2. The average Bonchev–Trinajstić information content (AvgIpc) is 2.60. The number of ether oxygens (including phenoxy) is 1. The van der Waals surface area contributed by atoms with Gasteiger partial charge in [0.15, 0.2) is 0 Å². The van der Waals surface area contributed by atoms with Crippen molar-refractivity contribution in [1.82, 2.24) is 4.90 Å². The summed E-state index contributed by atoms with van der Waals surface area (Å²) < 4.78 is 5.70. The number of nitrogens with one attached hydrogen (secondary N) is 1. The lowest BCUT2D eigenvalue weighted by atomic mass is 10.1. The van der Waals surface area contributed by atoms with Gasteiger partial charge in [-0.15, -0.1) is 0 Å². The van der Waals surface area contributed by atoms with Crippen LogP contribution >= 0.6 is 0 Å². The minimum atomic E-state index is -0.125. The molecule has 5 nitrogen and oxygen atoms in total. The largest absolute Gasteiger partial charge is 0.378 e. The van der Waals surface area contributed by atoms with Crippen molar-refractivity contribution in [1.29, 1.82) is 5.26 Å². The molecule has 2 rings (SSSR count). The summed E-state index contributed by atoms with van der Waals surface area (Å²) in [6, 6.07) is 7.35. The van der Waals surface area contributed by atoms with Crippen molar-refractivity contribution < 1.29 is 9.53 Å². The van der Waals surface area contributed by atoms with Crippen LogP contribution in [-0.4, -0.2) is 37.2 Å². The number of nitriles is 1. The lowest BCUT2D eigenvalue weighted by Gasteiger charge is -2.25. The molecule has 2 amide bonds. The molecule has 0 bridgehead atoms. The van der Waals surface area contributed by atoms with Crippen molar-refractivity contribution in [3.63, 3.8) is 0 Å². The van der Waals surface area contributed by atoms with Gasteiger partial charge >= 0.3 is 6.03 Å². The molecule has 0 saturated carbocycles. The van der Waals surface area contributed by atoms with Gasteiger partial charge in [0, 0.05) is 25.9 Å². The third-order valence-corrected chi connectivity index (χ3v) is 4.26. The first-order valence-electron chi connectivity index (χ1n) is 8.30. The summed E-state index contributed by atoms with van der Waals surface area (Å²) in [5.74, 6) is 0. The van der Waals surface area contributed by atoms with E-state index in [9.17, 15) is 4.79 Å². The summed E-state index contributed by atoms with van der Waals surface area (Å²) in [7, 11) is 1.80. The van der Waals surface area contributed by atoms with Gasteiger partial charge < -0.3 is 15.0 Å². The predicted molar refractivity (Wildman–Crippen MR) is 90.4 cm³/mol. The van der Waals surface area contributed by atoms with Gasteiger partial charge in [-0.05, 0) is 55.9 Å². The van der Waals surface area contributed by atoms with Gasteiger partial charge in [0.05, 0.1) is 17.7 Å². The van der Waals surface area contributed by atoms with Crippen LogP contribution in [0.2, 0.25) is 0 Å². The maximum atomic E-state index is 12.3. The minimum absolute atomic E-state index is 0.125. The molecule has 1 aromatic carbocycles. The zero-order valence-electron chi connectivity index (χ0n) is 14.0. The van der Waals surface area contributed by atoms with E-state index in [1.807, 2.05) is 13.0 Å². The quantitative estimate of drug-likeness (QED) is 0.903. The lowest BCUT2D eigenvalue weighted by molar-refractivity contribution is 0.00848. The fraction of sp³-hybridized carbons (Fsp3) is 0.556. The Morgan fingerprint density at radius 2 is 2.30 bits per heavy atom. The topological polar surface area (TPSA) is 65.4 Å². The molecule has 1 heterocycles. The summed E-state index contributed by atoms with van der Waals surface area (Å²) in [6.45, 7) is 3.52. The first kappa shape index (κ1) is 17.3. The normalized spacial score (nSPS) is 17.3. The molecule has 0 aliphatic carbocycles. The van der Waals surface area contributed by atoms with E-state index in [-0.39, 0.29) is 12.1 Å². The van der Waals surface area contributed by atoms with Gasteiger partial charge in [-0.1, -0.05) is 6.92 Å². The van der Waals surface area contributed by atoms with Crippen LogP contribution < -0.4 is 5.32 Å². The molecular formula is C18H25N3O2. The molecular weight excluding hydrogens is 290 g/mol. The van der Waals surface area contributed by atoms with Gasteiger partial charge in [-0.3, -0.25) is 0 Å². The maximum absolute atomic E-state index is 12.3. The van der Waals surface area contributed by atoms with Crippen LogP contribution in [0.4, 0.5) is 10.5 Å². The van der Waals surface area contributed by atoms with Gasteiger partial charge in [0.1, 0.15) is 0 Å². The molecule has 0 unspecified atom stereocenters. The molecule has 1 atom stereocenters. The Morgan fingerprint density at radius 1 is 1.48 bits per heavy atom. The Bertz CT molecular complexity index is 574. The summed E-state index contributed by atoms with van der Waals surface area (Å²) >= 11 is 0. The Hall–Kier alpha value is -2.06. The molecule has 1 aliphatic rings. The number of rotatable bonds is 5. The molecule has 5 heteroatoms. The number of benzene rings is 1. The molecule has 0 aromatic heterocycles. The first-order chi connectivity index (χ1) is 11.1.